The van der Waals surface area contributed by atoms with Gasteiger partial charge in [-0.05, 0) is 37.5 Å². The Labute approximate surface area is 190 Å². The van der Waals surface area contributed by atoms with Crippen LogP contribution in [0, 0.1) is 0 Å². The average molecular weight is 481 g/mol. The van der Waals surface area contributed by atoms with E-state index >= 15 is 0 Å². The minimum atomic E-state index is -4.58. The van der Waals surface area contributed by atoms with Gasteiger partial charge in [0.1, 0.15) is 6.04 Å². The number of amides is 1. The molecule has 7 N–H and O–H groups in total. The number of primary amides is 1. The third-order valence-corrected chi connectivity index (χ3v) is 5.05. The van der Waals surface area contributed by atoms with Gasteiger partial charge in [-0.1, -0.05) is 0 Å². The summed E-state index contributed by atoms with van der Waals surface area (Å²) in [7, 11) is 0. The number of benzene rings is 1. The highest BCUT2D eigenvalue weighted by Gasteiger charge is 2.36. The third-order valence-electron chi connectivity index (χ3n) is 5.05. The number of nitrogens with two attached hydrogens (primary N) is 2. The Bertz CT molecular complexity index is 1160. The summed E-state index contributed by atoms with van der Waals surface area (Å²) >= 11 is 0. The maximum Gasteiger partial charge on any atom is 0.405 e. The normalized spacial score (nSPS) is 14.5. The minimum absolute atomic E-state index is 0.0451. The summed E-state index contributed by atoms with van der Waals surface area (Å²) in [5.41, 5.74) is 11.5. The number of alkyl halides is 3. The Morgan fingerprint density at radius 1 is 1.32 bits per heavy atom. The molecule has 3 aromatic rings. The molecular formula is C19H22F3N9O3. The van der Waals surface area contributed by atoms with Gasteiger partial charge in [0, 0.05) is 23.8 Å². The van der Waals surface area contributed by atoms with Gasteiger partial charge in [-0.3, -0.25) is 14.3 Å². The van der Waals surface area contributed by atoms with Crippen LogP contribution in [-0.4, -0.2) is 61.2 Å². The highest BCUT2D eigenvalue weighted by Crippen LogP contribution is 2.32. The second kappa shape index (κ2) is 10.3. The van der Waals surface area contributed by atoms with E-state index in [1.807, 2.05) is 23.0 Å². The molecule has 1 fully saturated rings. The molecule has 182 valence electrons. The van der Waals surface area contributed by atoms with Crippen LogP contribution >= 0.6 is 0 Å². The Morgan fingerprint density at radius 3 is 2.62 bits per heavy atom. The van der Waals surface area contributed by atoms with Crippen molar-refractivity contribution in [2.24, 2.45) is 11.5 Å². The van der Waals surface area contributed by atoms with Gasteiger partial charge in [-0.15, -0.1) is 10.2 Å². The zero-order chi connectivity index (χ0) is 24.9. The van der Waals surface area contributed by atoms with Crippen LogP contribution in [0.4, 0.5) is 30.6 Å². The molecular weight excluding hydrogens is 459 g/mol. The quantitative estimate of drug-likeness (QED) is 0.311. The number of hydrogen-bond donors (Lipinski definition) is 5. The number of carboxylic acid groups (broad SMARTS) is 1. The maximum atomic E-state index is 12.6. The molecule has 2 aromatic heterocycles. The highest BCUT2D eigenvalue weighted by molar-refractivity contribution is 5.96. The molecule has 4 rings (SSSR count). The summed E-state index contributed by atoms with van der Waals surface area (Å²) in [6.45, 7) is -0.910. The molecule has 1 aliphatic rings. The van der Waals surface area contributed by atoms with Gasteiger partial charge < -0.3 is 27.2 Å². The maximum absolute atomic E-state index is 12.6. The summed E-state index contributed by atoms with van der Waals surface area (Å²) in [4.78, 5) is 24.1. The summed E-state index contributed by atoms with van der Waals surface area (Å²) in [5.74, 6) is -1.16. The molecule has 1 aliphatic carbocycles. The van der Waals surface area contributed by atoms with Gasteiger partial charge in [0.15, 0.2) is 11.5 Å². The van der Waals surface area contributed by atoms with Gasteiger partial charge in [-0.2, -0.15) is 23.3 Å². The number of rotatable bonds is 7. The number of nitrogens with zero attached hydrogens (tertiary/aromatic N) is 5. The van der Waals surface area contributed by atoms with Gasteiger partial charge >= 0.3 is 6.18 Å². The number of fused-ring (bicyclic) bond motifs is 1. The van der Waals surface area contributed by atoms with E-state index in [0.29, 0.717) is 11.7 Å². The molecule has 0 radical (unpaired) electrons. The summed E-state index contributed by atoms with van der Waals surface area (Å²) in [6, 6.07) is 3.66. The second-order valence-corrected chi connectivity index (χ2v) is 7.42. The Morgan fingerprint density at radius 2 is 2.03 bits per heavy atom. The van der Waals surface area contributed by atoms with Crippen molar-refractivity contribution in [2.45, 2.75) is 37.5 Å². The van der Waals surface area contributed by atoms with Crippen molar-refractivity contribution in [3.8, 4) is 0 Å². The zero-order valence-corrected chi connectivity index (χ0v) is 17.7. The molecule has 0 aliphatic heterocycles. The van der Waals surface area contributed by atoms with Crippen molar-refractivity contribution in [3.05, 3.63) is 30.1 Å². The largest absolute Gasteiger partial charge is 0.483 e. The zero-order valence-electron chi connectivity index (χ0n) is 17.7. The van der Waals surface area contributed by atoms with Crippen LogP contribution in [0.2, 0.25) is 0 Å². The molecule has 34 heavy (non-hydrogen) atoms. The smallest absolute Gasteiger partial charge is 0.405 e. The lowest BCUT2D eigenvalue weighted by molar-refractivity contribution is -0.144. The second-order valence-electron chi connectivity index (χ2n) is 7.42. The predicted molar refractivity (Wildman–Crippen MR) is 115 cm³/mol. The lowest BCUT2D eigenvalue weighted by Crippen LogP contribution is -2.43. The molecule has 2 heterocycles. The first-order valence-electron chi connectivity index (χ1n) is 10.1. The number of nitrogens with one attached hydrogen (secondary N) is 2. The van der Waals surface area contributed by atoms with Crippen LogP contribution in [0.1, 0.15) is 35.8 Å². The molecule has 0 bridgehead atoms. The molecule has 0 spiro atoms. The van der Waals surface area contributed by atoms with Gasteiger partial charge in [0.05, 0.1) is 11.6 Å². The molecule has 12 nitrogen and oxygen atoms in total. The molecule has 0 saturated heterocycles. The number of aromatic nitrogens is 5. The van der Waals surface area contributed by atoms with E-state index in [1.165, 1.54) is 6.42 Å². The van der Waals surface area contributed by atoms with Gasteiger partial charge in [0.2, 0.25) is 5.95 Å². The molecule has 1 unspecified atom stereocenters. The third kappa shape index (κ3) is 5.86. The molecule has 1 saturated carbocycles. The number of carbonyl (C=O) groups is 2. The van der Waals surface area contributed by atoms with Crippen LogP contribution in [0.5, 0.6) is 0 Å². The SMILES string of the molecule is NC(=O)c1nnc(NCC(N)C(F)(F)F)nc1Nc1ccc2nn(C3CCC3)cc2c1.O=CO. The van der Waals surface area contributed by atoms with E-state index in [4.69, 9.17) is 21.4 Å². The summed E-state index contributed by atoms with van der Waals surface area (Å²) < 4.78 is 39.7. The molecule has 1 atom stereocenters. The standard InChI is InChI=1S/C18H20F3N9O.CH2O2/c19-18(20,21)13(22)7-24-17-26-16(14(15(23)31)27-28-17)25-10-4-5-12-9(6-10)8-30(29-12)11-2-1-3-11;2-1-3/h4-6,8,11,13H,1-3,7,22H2,(H2,23,31)(H2,24,25,26,28);1H,(H,2,3). The Kier molecular flexibility index (Phi) is 7.45. The van der Waals surface area contributed by atoms with Crippen molar-refractivity contribution in [1.82, 2.24) is 25.0 Å². The van der Waals surface area contributed by atoms with Crippen molar-refractivity contribution >= 4 is 40.7 Å². The number of carbonyl (C=O) groups excluding carboxylic acids is 1. The fourth-order valence-electron chi connectivity index (χ4n) is 3.07. The van der Waals surface area contributed by atoms with Crippen LogP contribution in [0.15, 0.2) is 24.4 Å². The van der Waals surface area contributed by atoms with E-state index in [1.54, 1.807) is 6.07 Å². The van der Waals surface area contributed by atoms with E-state index in [9.17, 15) is 18.0 Å². The highest BCUT2D eigenvalue weighted by atomic mass is 19.4. The van der Waals surface area contributed by atoms with E-state index in [0.717, 1.165) is 23.7 Å². The van der Waals surface area contributed by atoms with Crippen LogP contribution in [-0.2, 0) is 4.79 Å². The Hall–Kier alpha value is -4.01. The van der Waals surface area contributed by atoms with Gasteiger partial charge in [0.25, 0.3) is 12.4 Å². The first-order chi connectivity index (χ1) is 16.1. The summed E-state index contributed by atoms with van der Waals surface area (Å²) in [5, 5.41) is 24.9. The van der Waals surface area contributed by atoms with Crippen LogP contribution < -0.4 is 22.1 Å². The van der Waals surface area contributed by atoms with Crippen LogP contribution in [0.25, 0.3) is 10.9 Å². The monoisotopic (exact) mass is 481 g/mol. The lowest BCUT2D eigenvalue weighted by atomic mass is 9.93. The predicted octanol–water partition coefficient (Wildman–Crippen LogP) is 1.79. The fraction of sp³-hybridized carbons (Fsp3) is 0.368. The van der Waals surface area contributed by atoms with Crippen molar-refractivity contribution in [1.29, 1.82) is 0 Å². The van der Waals surface area contributed by atoms with E-state index in [-0.39, 0.29) is 23.9 Å². The molecule has 1 aromatic carbocycles. The Balaban J connectivity index is 0.00000103. The number of hydrogen-bond acceptors (Lipinski definition) is 9. The lowest BCUT2D eigenvalue weighted by Gasteiger charge is -2.25. The first kappa shape index (κ1) is 24.6. The average Bonchev–Trinajstić information content (AvgIpc) is 3.13. The van der Waals surface area contributed by atoms with Crippen LogP contribution in [0.3, 0.4) is 0 Å². The summed E-state index contributed by atoms with van der Waals surface area (Å²) in [6.07, 6.45) is 0.758. The molecule has 15 heteroatoms. The first-order valence-corrected chi connectivity index (χ1v) is 10.1. The van der Waals surface area contributed by atoms with Crippen molar-refractivity contribution in [2.75, 3.05) is 17.2 Å². The van der Waals surface area contributed by atoms with E-state index < -0.39 is 24.7 Å². The number of halogens is 3. The molecule has 1 amide bonds. The topological polar surface area (TPSA) is 187 Å². The fourth-order valence-corrected chi connectivity index (χ4v) is 3.07. The minimum Gasteiger partial charge on any atom is -0.483 e. The number of anilines is 3. The van der Waals surface area contributed by atoms with Gasteiger partial charge in [-0.25, -0.2) is 0 Å². The van der Waals surface area contributed by atoms with Crippen molar-refractivity contribution in [3.63, 3.8) is 0 Å². The van der Waals surface area contributed by atoms with Crippen molar-refractivity contribution < 1.29 is 27.9 Å². The van der Waals surface area contributed by atoms with E-state index in [2.05, 4.69) is 30.9 Å².